The minimum Gasteiger partial charge on any atom is -0.468 e. The second kappa shape index (κ2) is 8.66. The Morgan fingerprint density at radius 3 is 2.57 bits per heavy atom. The molecule has 0 aliphatic carbocycles. The quantitative estimate of drug-likeness (QED) is 0.494. The van der Waals surface area contributed by atoms with Gasteiger partial charge in [-0.15, -0.1) is 0 Å². The van der Waals surface area contributed by atoms with Crippen molar-refractivity contribution in [1.29, 1.82) is 0 Å². The number of likely N-dealkylation sites (tertiary alicyclic amines) is 1. The van der Waals surface area contributed by atoms with Crippen molar-refractivity contribution < 1.29 is 23.9 Å². The molecule has 3 amide bonds. The number of hydrogen-bond donors (Lipinski definition) is 0. The van der Waals surface area contributed by atoms with E-state index in [-0.39, 0.29) is 12.5 Å². The van der Waals surface area contributed by atoms with Crippen molar-refractivity contribution in [2.45, 2.75) is 24.9 Å². The van der Waals surface area contributed by atoms with Crippen molar-refractivity contribution in [3.63, 3.8) is 0 Å². The summed E-state index contributed by atoms with van der Waals surface area (Å²) in [4.78, 5) is 46.9. The molecular formula is C19H26N4O5. The van der Waals surface area contributed by atoms with Crippen molar-refractivity contribution in [1.82, 2.24) is 19.7 Å². The molecule has 2 fully saturated rings. The Bertz CT molecular complexity index is 718. The van der Waals surface area contributed by atoms with Crippen LogP contribution in [0.4, 0.5) is 4.79 Å². The largest absolute Gasteiger partial charge is 0.468 e. The lowest BCUT2D eigenvalue weighted by molar-refractivity contribution is -0.146. The molecule has 0 atom stereocenters. The lowest BCUT2D eigenvalue weighted by atomic mass is 9.85. The van der Waals surface area contributed by atoms with E-state index in [9.17, 15) is 14.4 Å². The molecule has 2 aliphatic rings. The van der Waals surface area contributed by atoms with E-state index in [0.717, 1.165) is 10.6 Å². The number of nitrogens with zero attached hydrogens (tertiary/aromatic N) is 4. The molecule has 1 aromatic heterocycles. The van der Waals surface area contributed by atoms with Crippen LogP contribution in [0.2, 0.25) is 0 Å². The highest BCUT2D eigenvalue weighted by molar-refractivity contribution is 6.08. The summed E-state index contributed by atoms with van der Waals surface area (Å²) in [6.45, 7) is 2.28. The van der Waals surface area contributed by atoms with E-state index in [1.54, 1.807) is 18.2 Å². The molecule has 2 saturated heterocycles. The fourth-order valence-electron chi connectivity index (χ4n) is 3.89. The molecule has 0 bridgehead atoms. The fourth-order valence-corrected chi connectivity index (χ4v) is 3.89. The van der Waals surface area contributed by atoms with Gasteiger partial charge >= 0.3 is 12.0 Å². The first-order chi connectivity index (χ1) is 13.5. The number of amides is 3. The van der Waals surface area contributed by atoms with E-state index in [1.165, 1.54) is 7.11 Å². The van der Waals surface area contributed by atoms with Crippen LogP contribution in [0.25, 0.3) is 0 Å². The maximum atomic E-state index is 13.2. The van der Waals surface area contributed by atoms with Gasteiger partial charge in [0.15, 0.2) is 0 Å². The number of piperidine rings is 1. The van der Waals surface area contributed by atoms with Crippen LogP contribution in [0.15, 0.2) is 24.4 Å². The summed E-state index contributed by atoms with van der Waals surface area (Å²) in [6, 6.07) is 5.34. The van der Waals surface area contributed by atoms with Gasteiger partial charge in [0.1, 0.15) is 12.1 Å². The van der Waals surface area contributed by atoms with E-state index in [2.05, 4.69) is 14.6 Å². The average molecular weight is 390 g/mol. The standard InChI is InChI=1S/C19H26N4O5/c1-27-12-11-23-18(26)22(14-16(24)28-2)17(25)19(23)6-9-21(10-7-19)13-15-5-3-4-8-20-15/h3-5,8H,6-7,9-14H2,1-2H3. The maximum absolute atomic E-state index is 13.2. The summed E-state index contributed by atoms with van der Waals surface area (Å²) in [5, 5.41) is 0. The Labute approximate surface area is 164 Å². The number of esters is 1. The lowest BCUT2D eigenvalue weighted by Crippen LogP contribution is -2.57. The normalized spacial score (nSPS) is 19.5. The van der Waals surface area contributed by atoms with Gasteiger partial charge in [-0.05, 0) is 25.0 Å². The van der Waals surface area contributed by atoms with E-state index >= 15 is 0 Å². The summed E-state index contributed by atoms with van der Waals surface area (Å²) in [5.41, 5.74) is 0.0420. The summed E-state index contributed by atoms with van der Waals surface area (Å²) in [6.07, 6.45) is 2.77. The monoisotopic (exact) mass is 390 g/mol. The zero-order valence-electron chi connectivity index (χ0n) is 16.3. The molecule has 0 aromatic carbocycles. The molecule has 1 aromatic rings. The molecule has 0 unspecified atom stereocenters. The van der Waals surface area contributed by atoms with Gasteiger partial charge in [0.25, 0.3) is 5.91 Å². The van der Waals surface area contributed by atoms with Gasteiger partial charge in [0, 0.05) is 39.5 Å². The molecule has 0 saturated carbocycles. The average Bonchev–Trinajstić information content (AvgIpc) is 2.90. The molecular weight excluding hydrogens is 364 g/mol. The molecule has 2 aliphatic heterocycles. The zero-order valence-corrected chi connectivity index (χ0v) is 16.3. The number of urea groups is 1. The number of methoxy groups -OCH3 is 2. The molecule has 3 rings (SSSR count). The number of carbonyl (C=O) groups is 3. The predicted molar refractivity (Wildman–Crippen MR) is 99.2 cm³/mol. The van der Waals surface area contributed by atoms with Crippen LogP contribution in [0, 0.1) is 0 Å². The third-order valence-corrected chi connectivity index (χ3v) is 5.45. The smallest absolute Gasteiger partial charge is 0.328 e. The fraction of sp³-hybridized carbons (Fsp3) is 0.579. The Kier molecular flexibility index (Phi) is 6.25. The van der Waals surface area contributed by atoms with Crippen LogP contribution in [-0.4, -0.2) is 90.1 Å². The van der Waals surface area contributed by atoms with Gasteiger partial charge in [-0.2, -0.15) is 0 Å². The first kappa shape index (κ1) is 20.2. The minimum absolute atomic E-state index is 0.305. The summed E-state index contributed by atoms with van der Waals surface area (Å²) in [7, 11) is 2.79. The number of rotatable bonds is 7. The van der Waals surface area contributed by atoms with Crippen molar-refractivity contribution in [2.24, 2.45) is 0 Å². The highest BCUT2D eigenvalue weighted by atomic mass is 16.5. The van der Waals surface area contributed by atoms with Gasteiger partial charge in [0.05, 0.1) is 19.4 Å². The van der Waals surface area contributed by atoms with Gasteiger partial charge in [-0.3, -0.25) is 24.4 Å². The van der Waals surface area contributed by atoms with Gasteiger partial charge in [-0.25, -0.2) is 4.79 Å². The number of ether oxygens (including phenoxy) is 2. The van der Waals surface area contributed by atoms with E-state index in [1.807, 2.05) is 18.2 Å². The Morgan fingerprint density at radius 2 is 1.96 bits per heavy atom. The van der Waals surface area contributed by atoms with Crippen LogP contribution in [0.5, 0.6) is 0 Å². The van der Waals surface area contributed by atoms with Crippen molar-refractivity contribution in [3.8, 4) is 0 Å². The van der Waals surface area contributed by atoms with Gasteiger partial charge in [0.2, 0.25) is 0 Å². The van der Waals surface area contributed by atoms with Crippen LogP contribution in [-0.2, 0) is 25.6 Å². The lowest BCUT2D eigenvalue weighted by Gasteiger charge is -2.42. The highest BCUT2D eigenvalue weighted by Gasteiger charge is 2.58. The topological polar surface area (TPSA) is 92.3 Å². The van der Waals surface area contributed by atoms with E-state index in [4.69, 9.17) is 4.74 Å². The van der Waals surface area contributed by atoms with Crippen LogP contribution in [0.3, 0.4) is 0 Å². The number of imide groups is 1. The minimum atomic E-state index is -0.926. The van der Waals surface area contributed by atoms with Crippen LogP contribution in [0.1, 0.15) is 18.5 Å². The second-order valence-electron chi connectivity index (χ2n) is 7.02. The molecule has 0 radical (unpaired) electrons. The summed E-state index contributed by atoms with van der Waals surface area (Å²) >= 11 is 0. The number of aromatic nitrogens is 1. The Morgan fingerprint density at radius 1 is 1.21 bits per heavy atom. The van der Waals surface area contributed by atoms with Crippen molar-refractivity contribution in [3.05, 3.63) is 30.1 Å². The third kappa shape index (κ3) is 3.85. The van der Waals surface area contributed by atoms with Crippen LogP contribution < -0.4 is 0 Å². The third-order valence-electron chi connectivity index (χ3n) is 5.45. The van der Waals surface area contributed by atoms with Crippen molar-refractivity contribution in [2.75, 3.05) is 47.0 Å². The van der Waals surface area contributed by atoms with E-state index in [0.29, 0.717) is 45.6 Å². The maximum Gasteiger partial charge on any atom is 0.328 e. The first-order valence-electron chi connectivity index (χ1n) is 9.33. The summed E-state index contributed by atoms with van der Waals surface area (Å²) in [5.74, 6) is -0.936. The van der Waals surface area contributed by atoms with Gasteiger partial charge in [-0.1, -0.05) is 6.07 Å². The molecule has 28 heavy (non-hydrogen) atoms. The molecule has 152 valence electrons. The summed E-state index contributed by atoms with van der Waals surface area (Å²) < 4.78 is 9.77. The zero-order chi connectivity index (χ0) is 20.1. The predicted octanol–water partition coefficient (Wildman–Crippen LogP) is 0.500. The molecule has 0 N–H and O–H groups in total. The molecule has 1 spiro atoms. The molecule has 9 nitrogen and oxygen atoms in total. The SMILES string of the molecule is COCCN1C(=O)N(CC(=O)OC)C(=O)C12CCN(Cc1ccccn1)CC2. The van der Waals surface area contributed by atoms with Crippen molar-refractivity contribution >= 4 is 17.9 Å². The van der Waals surface area contributed by atoms with E-state index < -0.39 is 17.5 Å². The highest BCUT2D eigenvalue weighted by Crippen LogP contribution is 2.37. The molecule has 3 heterocycles. The van der Waals surface area contributed by atoms with Crippen LogP contribution >= 0.6 is 0 Å². The Balaban J connectivity index is 1.74. The van der Waals surface area contributed by atoms with Gasteiger partial charge < -0.3 is 14.4 Å². The Hall–Kier alpha value is -2.52. The number of hydrogen-bond acceptors (Lipinski definition) is 7. The first-order valence-corrected chi connectivity index (χ1v) is 9.33. The number of carbonyl (C=O) groups excluding carboxylic acids is 3. The molecule has 9 heteroatoms. The second-order valence-corrected chi connectivity index (χ2v) is 7.02. The number of pyridine rings is 1.